The minimum absolute atomic E-state index is 0.380. The third-order valence-electron chi connectivity index (χ3n) is 3.58. The Hall–Kier alpha value is -1.30. The predicted molar refractivity (Wildman–Crippen MR) is 73.1 cm³/mol. The molecule has 1 unspecified atom stereocenters. The average molecular weight is 271 g/mol. The van der Waals surface area contributed by atoms with Crippen molar-refractivity contribution in [2.24, 2.45) is 0 Å². The molecule has 1 rings (SSSR count). The normalized spacial score (nSPS) is 21.1. The first-order valence-electron chi connectivity index (χ1n) is 7.09. The maximum Gasteiger partial charge on any atom is 0.326 e. The second-order valence-corrected chi connectivity index (χ2v) is 4.96. The number of rotatable bonds is 7. The molecule has 3 N–H and O–H groups in total. The molecule has 0 aliphatic carbocycles. The lowest BCUT2D eigenvalue weighted by Gasteiger charge is -2.23. The van der Waals surface area contributed by atoms with Gasteiger partial charge in [0.25, 0.3) is 0 Å². The zero-order chi connectivity index (χ0) is 14.3. The minimum Gasteiger partial charge on any atom is -0.480 e. The Bertz CT molecular complexity index is 310. The summed E-state index contributed by atoms with van der Waals surface area (Å²) in [5.74, 6) is -0.979. The number of urea groups is 1. The van der Waals surface area contributed by atoms with Crippen LogP contribution in [0, 0.1) is 0 Å². The van der Waals surface area contributed by atoms with Crippen LogP contribution in [-0.4, -0.2) is 53.7 Å². The molecule has 19 heavy (non-hydrogen) atoms. The quantitative estimate of drug-likeness (QED) is 0.646. The fourth-order valence-corrected chi connectivity index (χ4v) is 2.51. The number of hydrogen-bond acceptors (Lipinski definition) is 3. The van der Waals surface area contributed by atoms with Gasteiger partial charge in [-0.25, -0.2) is 9.59 Å². The molecule has 2 amide bonds. The summed E-state index contributed by atoms with van der Waals surface area (Å²) in [6.45, 7) is 6.66. The average Bonchev–Trinajstić information content (AvgIpc) is 2.83. The highest BCUT2D eigenvalue weighted by Crippen LogP contribution is 2.15. The molecule has 0 spiro atoms. The topological polar surface area (TPSA) is 81.7 Å². The van der Waals surface area contributed by atoms with Crippen LogP contribution >= 0.6 is 0 Å². The van der Waals surface area contributed by atoms with Crippen LogP contribution in [-0.2, 0) is 4.79 Å². The van der Waals surface area contributed by atoms with Crippen LogP contribution in [0.5, 0.6) is 0 Å². The first-order chi connectivity index (χ1) is 9.08. The van der Waals surface area contributed by atoms with Crippen LogP contribution in [0.4, 0.5) is 4.79 Å². The number of carbonyl (C=O) groups excluding carboxylic acids is 1. The third kappa shape index (κ3) is 5.06. The van der Waals surface area contributed by atoms with Crippen molar-refractivity contribution >= 4 is 12.0 Å². The van der Waals surface area contributed by atoms with Crippen LogP contribution in [0.2, 0.25) is 0 Å². The van der Waals surface area contributed by atoms with Crippen molar-refractivity contribution in [1.29, 1.82) is 0 Å². The first kappa shape index (κ1) is 15.8. The first-order valence-corrected chi connectivity index (χ1v) is 7.09. The molecule has 0 aromatic rings. The van der Waals surface area contributed by atoms with Gasteiger partial charge in [-0.2, -0.15) is 0 Å². The number of nitrogens with one attached hydrogen (secondary N) is 2. The van der Waals surface area contributed by atoms with Gasteiger partial charge in [-0.15, -0.1) is 0 Å². The van der Waals surface area contributed by atoms with Gasteiger partial charge in [-0.05, 0) is 32.4 Å². The zero-order valence-corrected chi connectivity index (χ0v) is 11.8. The van der Waals surface area contributed by atoms with Gasteiger partial charge in [0.15, 0.2) is 0 Å². The summed E-state index contributed by atoms with van der Waals surface area (Å²) in [6.07, 6.45) is 3.43. The molecule has 1 heterocycles. The van der Waals surface area contributed by atoms with Crippen molar-refractivity contribution in [2.75, 3.05) is 19.6 Å². The van der Waals surface area contributed by atoms with E-state index in [2.05, 4.69) is 22.5 Å². The monoisotopic (exact) mass is 271 g/mol. The van der Waals surface area contributed by atoms with E-state index in [1.54, 1.807) is 0 Å². The van der Waals surface area contributed by atoms with Crippen LogP contribution in [0.3, 0.4) is 0 Å². The summed E-state index contributed by atoms with van der Waals surface area (Å²) in [4.78, 5) is 24.9. The Labute approximate surface area is 114 Å². The minimum atomic E-state index is -0.979. The lowest BCUT2D eigenvalue weighted by molar-refractivity contribution is -0.139. The summed E-state index contributed by atoms with van der Waals surface area (Å²) in [7, 11) is 0. The molecule has 1 aliphatic rings. The van der Waals surface area contributed by atoms with E-state index in [4.69, 9.17) is 5.11 Å². The molecule has 1 fully saturated rings. The number of carboxylic acids is 1. The van der Waals surface area contributed by atoms with Gasteiger partial charge in [0.2, 0.25) is 0 Å². The molecular formula is C13H25N3O3. The summed E-state index contributed by atoms with van der Waals surface area (Å²) in [5.41, 5.74) is 0. The lowest BCUT2D eigenvalue weighted by Crippen LogP contribution is -2.49. The number of likely N-dealkylation sites (N-methyl/N-ethyl adjacent to an activating group) is 1. The van der Waals surface area contributed by atoms with Gasteiger partial charge in [0.05, 0.1) is 0 Å². The highest BCUT2D eigenvalue weighted by molar-refractivity contribution is 5.82. The zero-order valence-electron chi connectivity index (χ0n) is 11.8. The lowest BCUT2D eigenvalue weighted by atomic mass is 10.2. The van der Waals surface area contributed by atoms with E-state index in [9.17, 15) is 9.59 Å². The molecule has 0 aromatic heterocycles. The van der Waals surface area contributed by atoms with Crippen molar-refractivity contribution in [3.63, 3.8) is 0 Å². The van der Waals surface area contributed by atoms with Gasteiger partial charge in [0, 0.05) is 12.6 Å². The standard InChI is InChI=1S/C13H25N3O3/c1-3-6-11(12(17)18)15-13(19)14-9-10-7-5-8-16(10)4-2/h10-11H,3-9H2,1-2H3,(H,17,18)(H2,14,15,19)/t10?,11-/m1/s1. The van der Waals surface area contributed by atoms with E-state index in [0.717, 1.165) is 32.4 Å². The Balaban J connectivity index is 2.32. The number of carbonyl (C=O) groups is 2. The number of carboxylic acid groups (broad SMARTS) is 1. The molecule has 0 radical (unpaired) electrons. The Morgan fingerprint density at radius 3 is 2.74 bits per heavy atom. The molecule has 6 nitrogen and oxygen atoms in total. The Morgan fingerprint density at radius 2 is 2.16 bits per heavy atom. The Morgan fingerprint density at radius 1 is 1.42 bits per heavy atom. The van der Waals surface area contributed by atoms with Crippen molar-refractivity contribution in [3.8, 4) is 0 Å². The fraction of sp³-hybridized carbons (Fsp3) is 0.846. The summed E-state index contributed by atoms with van der Waals surface area (Å²) in [5, 5.41) is 14.2. The summed E-state index contributed by atoms with van der Waals surface area (Å²) >= 11 is 0. The van der Waals surface area contributed by atoms with Crippen LogP contribution in [0.1, 0.15) is 39.5 Å². The number of nitrogens with zero attached hydrogens (tertiary/aromatic N) is 1. The smallest absolute Gasteiger partial charge is 0.326 e. The van der Waals surface area contributed by atoms with Gasteiger partial charge < -0.3 is 15.7 Å². The van der Waals surface area contributed by atoms with Gasteiger partial charge in [-0.1, -0.05) is 20.3 Å². The number of aliphatic carboxylic acids is 1. The van der Waals surface area contributed by atoms with Crippen LogP contribution < -0.4 is 10.6 Å². The largest absolute Gasteiger partial charge is 0.480 e. The van der Waals surface area contributed by atoms with Crippen molar-refractivity contribution in [1.82, 2.24) is 15.5 Å². The Kier molecular flexibility index (Phi) is 6.62. The molecule has 0 saturated carbocycles. The van der Waals surface area contributed by atoms with E-state index in [1.807, 2.05) is 6.92 Å². The van der Waals surface area contributed by atoms with Gasteiger partial charge >= 0.3 is 12.0 Å². The van der Waals surface area contributed by atoms with E-state index < -0.39 is 12.0 Å². The van der Waals surface area contributed by atoms with Gasteiger partial charge in [0.1, 0.15) is 6.04 Å². The van der Waals surface area contributed by atoms with E-state index in [-0.39, 0.29) is 6.03 Å². The number of likely N-dealkylation sites (tertiary alicyclic amines) is 1. The van der Waals surface area contributed by atoms with Gasteiger partial charge in [-0.3, -0.25) is 4.90 Å². The molecule has 1 aliphatic heterocycles. The van der Waals surface area contributed by atoms with Crippen molar-refractivity contribution < 1.29 is 14.7 Å². The van der Waals surface area contributed by atoms with Crippen molar-refractivity contribution in [3.05, 3.63) is 0 Å². The van der Waals surface area contributed by atoms with Crippen molar-refractivity contribution in [2.45, 2.75) is 51.6 Å². The second kappa shape index (κ2) is 7.99. The molecule has 6 heteroatoms. The van der Waals surface area contributed by atoms with E-state index in [1.165, 1.54) is 0 Å². The molecule has 0 aromatic carbocycles. The molecule has 110 valence electrons. The van der Waals surface area contributed by atoms with Crippen LogP contribution in [0.25, 0.3) is 0 Å². The summed E-state index contributed by atoms with van der Waals surface area (Å²) < 4.78 is 0. The molecular weight excluding hydrogens is 246 g/mol. The summed E-state index contributed by atoms with van der Waals surface area (Å²) in [6, 6.07) is -0.801. The molecule has 0 bridgehead atoms. The van der Waals surface area contributed by atoms with E-state index in [0.29, 0.717) is 19.0 Å². The molecule has 2 atom stereocenters. The van der Waals surface area contributed by atoms with E-state index >= 15 is 0 Å². The predicted octanol–water partition coefficient (Wildman–Crippen LogP) is 1.02. The van der Waals surface area contributed by atoms with Crippen LogP contribution in [0.15, 0.2) is 0 Å². The molecule has 1 saturated heterocycles. The number of amides is 2. The third-order valence-corrected chi connectivity index (χ3v) is 3.58. The number of hydrogen-bond donors (Lipinski definition) is 3. The second-order valence-electron chi connectivity index (χ2n) is 4.96. The highest BCUT2D eigenvalue weighted by atomic mass is 16.4. The maximum absolute atomic E-state index is 11.7. The fourth-order valence-electron chi connectivity index (χ4n) is 2.51. The highest BCUT2D eigenvalue weighted by Gasteiger charge is 2.24. The SMILES string of the molecule is CCC[C@@H](NC(=O)NCC1CCCN1CC)C(=O)O. The maximum atomic E-state index is 11.7.